The van der Waals surface area contributed by atoms with Crippen LogP contribution in [0.5, 0.6) is 0 Å². The van der Waals surface area contributed by atoms with Gasteiger partial charge in [-0.2, -0.15) is 0 Å². The summed E-state index contributed by atoms with van der Waals surface area (Å²) in [6.45, 7) is 4.81. The fourth-order valence-corrected chi connectivity index (χ4v) is 2.53. The van der Waals surface area contributed by atoms with Crippen LogP contribution >= 0.6 is 11.8 Å². The van der Waals surface area contributed by atoms with Crippen molar-refractivity contribution in [3.05, 3.63) is 10.7 Å². The molecule has 0 aliphatic carbocycles. The van der Waals surface area contributed by atoms with Crippen LogP contribution in [0.2, 0.25) is 0 Å². The van der Waals surface area contributed by atoms with Crippen molar-refractivity contribution in [1.29, 1.82) is 0 Å². The second kappa shape index (κ2) is 4.64. The number of rotatable bonds is 3. The molecule has 4 heteroatoms. The van der Waals surface area contributed by atoms with Crippen molar-refractivity contribution >= 4 is 23.3 Å². The summed E-state index contributed by atoms with van der Waals surface area (Å²) in [5, 5.41) is 0.511. The van der Waals surface area contributed by atoms with E-state index in [2.05, 4.69) is 0 Å². The molecule has 0 aromatic carbocycles. The molecule has 0 N–H and O–H groups in total. The van der Waals surface area contributed by atoms with Gasteiger partial charge in [-0.1, -0.05) is 18.7 Å². The molecule has 1 fully saturated rings. The topological polar surface area (TPSA) is 43.4 Å². The van der Waals surface area contributed by atoms with Crippen molar-refractivity contribution in [2.75, 3.05) is 5.75 Å². The Morgan fingerprint density at radius 1 is 1.43 bits per heavy atom. The van der Waals surface area contributed by atoms with Crippen LogP contribution < -0.4 is 0 Å². The number of ether oxygens (including phenoxy) is 1. The zero-order valence-electron chi connectivity index (χ0n) is 8.62. The Morgan fingerprint density at radius 3 is 2.36 bits per heavy atom. The molecule has 1 aliphatic heterocycles. The molecule has 0 saturated carbocycles. The van der Waals surface area contributed by atoms with Gasteiger partial charge in [0.25, 0.3) is 0 Å². The minimum Gasteiger partial charge on any atom is -0.482 e. The quantitative estimate of drug-likeness (QED) is 0.409. The van der Waals surface area contributed by atoms with E-state index in [0.717, 1.165) is 12.2 Å². The second-order valence-electron chi connectivity index (χ2n) is 3.23. The van der Waals surface area contributed by atoms with Crippen LogP contribution in [0.1, 0.15) is 27.2 Å². The molecule has 0 amide bonds. The Kier molecular flexibility index (Phi) is 3.75. The van der Waals surface area contributed by atoms with Gasteiger partial charge >= 0.3 is 0 Å². The Bertz CT molecular complexity index is 278. The monoisotopic (exact) mass is 214 g/mol. The van der Waals surface area contributed by atoms with E-state index < -0.39 is 0 Å². The van der Waals surface area contributed by atoms with Crippen LogP contribution in [-0.2, 0) is 14.3 Å². The third-order valence-electron chi connectivity index (χ3n) is 2.04. The maximum atomic E-state index is 11.2. The number of allylic oxidation sites excluding steroid dienone is 1. The van der Waals surface area contributed by atoms with Gasteiger partial charge < -0.3 is 4.74 Å². The Hall–Kier alpha value is -0.770. The van der Waals surface area contributed by atoms with Gasteiger partial charge in [-0.25, -0.2) is 0 Å². The van der Waals surface area contributed by atoms with Gasteiger partial charge in [-0.15, -0.1) is 0 Å². The molecule has 1 aliphatic rings. The van der Waals surface area contributed by atoms with Gasteiger partial charge in [0.1, 0.15) is 11.7 Å². The predicted octanol–water partition coefficient (Wildman–Crippen LogP) is 1.92. The molecule has 0 radical (unpaired) electrons. The molecule has 14 heavy (non-hydrogen) atoms. The molecule has 1 saturated heterocycles. The van der Waals surface area contributed by atoms with E-state index in [4.69, 9.17) is 4.74 Å². The number of ketones is 2. The summed E-state index contributed by atoms with van der Waals surface area (Å²) < 4.78 is 5.50. The second-order valence-corrected chi connectivity index (χ2v) is 4.23. The third-order valence-corrected chi connectivity index (χ3v) is 3.14. The first kappa shape index (κ1) is 11.3. The Balaban J connectivity index is 2.91. The largest absolute Gasteiger partial charge is 0.482 e. The lowest BCUT2D eigenvalue weighted by Crippen LogP contribution is -2.11. The minimum absolute atomic E-state index is 0.142. The minimum atomic E-state index is -0.211. The van der Waals surface area contributed by atoms with Gasteiger partial charge in [0.05, 0.1) is 0 Å². The van der Waals surface area contributed by atoms with Gasteiger partial charge in [0.2, 0.25) is 0 Å². The number of Topliss-reactive ketones (excluding diaryl/α,β-unsaturated/α-hetero) is 2. The molecule has 1 atom stereocenters. The average Bonchev–Trinajstić information content (AvgIpc) is 2.51. The maximum Gasteiger partial charge on any atom is 0.168 e. The highest BCUT2D eigenvalue weighted by Crippen LogP contribution is 2.33. The van der Waals surface area contributed by atoms with Crippen molar-refractivity contribution in [1.82, 2.24) is 0 Å². The molecule has 3 nitrogen and oxygen atoms in total. The first-order chi connectivity index (χ1) is 6.56. The average molecular weight is 214 g/mol. The van der Waals surface area contributed by atoms with E-state index in [0.29, 0.717) is 5.09 Å². The van der Waals surface area contributed by atoms with Gasteiger partial charge in [0, 0.05) is 5.75 Å². The molecule has 1 rings (SSSR count). The first-order valence-corrected chi connectivity index (χ1v) is 5.60. The van der Waals surface area contributed by atoms with E-state index in [-0.39, 0.29) is 23.2 Å². The molecular formula is C10H14O3S. The van der Waals surface area contributed by atoms with Crippen molar-refractivity contribution in [2.45, 2.75) is 33.3 Å². The van der Waals surface area contributed by atoms with E-state index in [1.54, 1.807) is 0 Å². The lowest BCUT2D eigenvalue weighted by Gasteiger charge is -2.07. The summed E-state index contributed by atoms with van der Waals surface area (Å²) in [7, 11) is 0. The predicted molar refractivity (Wildman–Crippen MR) is 56.0 cm³/mol. The van der Waals surface area contributed by atoms with Crippen LogP contribution in [0, 0.1) is 0 Å². The Morgan fingerprint density at radius 2 is 2.00 bits per heavy atom. The summed E-state index contributed by atoms with van der Waals surface area (Å²) in [6, 6.07) is 0. The van der Waals surface area contributed by atoms with Crippen LogP contribution in [-0.4, -0.2) is 23.4 Å². The molecule has 0 aromatic heterocycles. The highest BCUT2D eigenvalue weighted by molar-refractivity contribution is 8.03. The fraction of sp³-hybridized carbons (Fsp3) is 0.600. The zero-order valence-corrected chi connectivity index (χ0v) is 9.44. The highest BCUT2D eigenvalue weighted by Gasteiger charge is 2.26. The molecule has 0 spiro atoms. The number of hydrogen-bond donors (Lipinski definition) is 0. The van der Waals surface area contributed by atoms with Crippen molar-refractivity contribution in [3.63, 3.8) is 0 Å². The number of carbonyl (C=O) groups is 2. The molecular weight excluding hydrogens is 200 g/mol. The first-order valence-electron chi connectivity index (χ1n) is 4.61. The van der Waals surface area contributed by atoms with Crippen LogP contribution in [0.3, 0.4) is 0 Å². The standard InChI is InChI=1S/C10H14O3S/c1-4-8-5-14-10(13-8)9(6(2)11)7(3)12/h8H,4-5H2,1-3H3/t8-/m1/s1. The highest BCUT2D eigenvalue weighted by atomic mass is 32.2. The summed E-state index contributed by atoms with van der Waals surface area (Å²) in [5.41, 5.74) is 0.214. The summed E-state index contributed by atoms with van der Waals surface area (Å²) in [6.07, 6.45) is 1.04. The van der Waals surface area contributed by atoms with E-state index in [1.165, 1.54) is 25.6 Å². The van der Waals surface area contributed by atoms with E-state index in [1.807, 2.05) is 6.92 Å². The third kappa shape index (κ3) is 2.38. The lowest BCUT2D eigenvalue weighted by atomic mass is 10.1. The Labute approximate surface area is 87.9 Å². The summed E-state index contributed by atoms with van der Waals surface area (Å²) in [4.78, 5) is 22.4. The molecule has 1 heterocycles. The van der Waals surface area contributed by atoms with Crippen molar-refractivity contribution < 1.29 is 14.3 Å². The lowest BCUT2D eigenvalue weighted by molar-refractivity contribution is -0.119. The molecule has 78 valence electrons. The van der Waals surface area contributed by atoms with Crippen LogP contribution in [0.4, 0.5) is 0 Å². The zero-order chi connectivity index (χ0) is 10.7. The fourth-order valence-electron chi connectivity index (χ4n) is 1.26. The van der Waals surface area contributed by atoms with E-state index in [9.17, 15) is 9.59 Å². The molecule has 0 bridgehead atoms. The van der Waals surface area contributed by atoms with Crippen LogP contribution in [0.15, 0.2) is 10.7 Å². The summed E-state index contributed by atoms with van der Waals surface area (Å²) >= 11 is 1.46. The van der Waals surface area contributed by atoms with Gasteiger partial charge in [0.15, 0.2) is 16.7 Å². The van der Waals surface area contributed by atoms with Crippen molar-refractivity contribution in [2.24, 2.45) is 0 Å². The van der Waals surface area contributed by atoms with Gasteiger partial charge in [-0.05, 0) is 20.3 Å². The van der Waals surface area contributed by atoms with Crippen molar-refractivity contribution in [3.8, 4) is 0 Å². The van der Waals surface area contributed by atoms with E-state index >= 15 is 0 Å². The number of hydrogen-bond acceptors (Lipinski definition) is 4. The van der Waals surface area contributed by atoms with Gasteiger partial charge in [-0.3, -0.25) is 9.59 Å². The van der Waals surface area contributed by atoms with Crippen LogP contribution in [0.25, 0.3) is 0 Å². The maximum absolute atomic E-state index is 11.2. The summed E-state index contributed by atoms with van der Waals surface area (Å²) in [5.74, 6) is 0.407. The normalized spacial score (nSPS) is 20.5. The molecule has 0 unspecified atom stereocenters. The number of thioether (sulfide) groups is 1. The number of carbonyl (C=O) groups excluding carboxylic acids is 2. The molecule has 0 aromatic rings. The smallest absolute Gasteiger partial charge is 0.168 e. The SMILES string of the molecule is CC[C@@H]1CSC(=C(C(C)=O)C(C)=O)O1.